The zero-order chi connectivity index (χ0) is 18.1. The summed E-state index contributed by atoms with van der Waals surface area (Å²) in [5.41, 5.74) is 1.45. The molecule has 6 heteroatoms. The largest absolute Gasteiger partial charge is 0.373 e. The summed E-state index contributed by atoms with van der Waals surface area (Å²) in [6.07, 6.45) is 6.67. The van der Waals surface area contributed by atoms with Crippen LogP contribution in [0.2, 0.25) is 0 Å². The molecule has 4 rings (SSSR count). The Balaban J connectivity index is 1.48. The Hall–Kier alpha value is -2.47. The van der Waals surface area contributed by atoms with E-state index in [0.29, 0.717) is 12.4 Å². The predicted octanol–water partition coefficient (Wildman–Crippen LogP) is 2.58. The molecule has 1 aromatic carbocycles. The fourth-order valence-electron chi connectivity index (χ4n) is 4.06. The monoisotopic (exact) mass is 353 g/mol. The molecule has 1 aliphatic carbocycles. The number of carbonyl (C=O) groups is 1. The lowest BCUT2D eigenvalue weighted by Gasteiger charge is -2.21. The standard InChI is InChI=1S/C20H23N3O3/c1-13-5-4-6-14(9-13)17-21-11-16(19(25)23-17)18(24)22-15-10-20(26-12-15)7-2-3-8-20/h4-6,9,11,15H,2-3,7-8,10,12H2,1H3,(H,22,24)(H,21,23,25)/t15-/m0/s1. The molecule has 2 aliphatic rings. The van der Waals surface area contributed by atoms with Gasteiger partial charge in [0, 0.05) is 11.8 Å². The predicted molar refractivity (Wildman–Crippen MR) is 98.1 cm³/mol. The number of amides is 1. The molecule has 1 aliphatic heterocycles. The maximum absolute atomic E-state index is 12.5. The first-order valence-electron chi connectivity index (χ1n) is 9.16. The Bertz CT molecular complexity index is 884. The molecular weight excluding hydrogens is 330 g/mol. The number of ether oxygens (including phenoxy) is 1. The molecular formula is C20H23N3O3. The second-order valence-corrected chi connectivity index (χ2v) is 7.42. The number of benzene rings is 1. The van der Waals surface area contributed by atoms with Gasteiger partial charge in [-0.2, -0.15) is 0 Å². The van der Waals surface area contributed by atoms with Crippen molar-refractivity contribution in [1.82, 2.24) is 15.3 Å². The minimum absolute atomic E-state index is 0.0359. The molecule has 136 valence electrons. The van der Waals surface area contributed by atoms with Gasteiger partial charge in [-0.1, -0.05) is 36.6 Å². The van der Waals surface area contributed by atoms with E-state index in [4.69, 9.17) is 4.74 Å². The molecule has 1 spiro atoms. The average molecular weight is 353 g/mol. The molecule has 2 aromatic rings. The smallest absolute Gasteiger partial charge is 0.264 e. The van der Waals surface area contributed by atoms with Crippen LogP contribution in [-0.2, 0) is 4.74 Å². The van der Waals surface area contributed by atoms with Gasteiger partial charge < -0.3 is 15.0 Å². The lowest BCUT2D eigenvalue weighted by molar-refractivity contribution is 0.00987. The lowest BCUT2D eigenvalue weighted by atomic mass is 9.96. The van der Waals surface area contributed by atoms with Crippen LogP contribution in [0, 0.1) is 6.92 Å². The van der Waals surface area contributed by atoms with Crippen LogP contribution < -0.4 is 10.9 Å². The van der Waals surface area contributed by atoms with Crippen molar-refractivity contribution in [1.29, 1.82) is 0 Å². The number of hydrogen-bond donors (Lipinski definition) is 2. The van der Waals surface area contributed by atoms with E-state index >= 15 is 0 Å². The Morgan fingerprint density at radius 3 is 2.88 bits per heavy atom. The molecule has 2 heterocycles. The summed E-state index contributed by atoms with van der Waals surface area (Å²) in [4.78, 5) is 31.9. The molecule has 2 fully saturated rings. The minimum Gasteiger partial charge on any atom is -0.373 e. The second kappa shape index (κ2) is 6.68. The van der Waals surface area contributed by atoms with Crippen molar-refractivity contribution in [3.63, 3.8) is 0 Å². The van der Waals surface area contributed by atoms with E-state index < -0.39 is 11.5 Å². The number of hydrogen-bond acceptors (Lipinski definition) is 4. The Labute approximate surface area is 152 Å². The lowest BCUT2D eigenvalue weighted by Crippen LogP contribution is -2.39. The molecule has 1 amide bonds. The molecule has 26 heavy (non-hydrogen) atoms. The molecule has 0 radical (unpaired) electrons. The summed E-state index contributed by atoms with van der Waals surface area (Å²) in [5, 5.41) is 2.93. The first kappa shape index (κ1) is 17.0. The molecule has 2 N–H and O–H groups in total. The van der Waals surface area contributed by atoms with Crippen molar-refractivity contribution in [2.75, 3.05) is 6.61 Å². The highest BCUT2D eigenvalue weighted by atomic mass is 16.5. The van der Waals surface area contributed by atoms with Gasteiger partial charge in [-0.3, -0.25) is 9.59 Å². The molecule has 1 aromatic heterocycles. The number of H-pyrrole nitrogens is 1. The quantitative estimate of drug-likeness (QED) is 0.888. The van der Waals surface area contributed by atoms with Gasteiger partial charge in [0.2, 0.25) is 0 Å². The van der Waals surface area contributed by atoms with Gasteiger partial charge in [0.15, 0.2) is 0 Å². The Morgan fingerprint density at radius 2 is 2.15 bits per heavy atom. The van der Waals surface area contributed by atoms with Gasteiger partial charge in [-0.25, -0.2) is 4.98 Å². The van der Waals surface area contributed by atoms with Crippen LogP contribution in [-0.4, -0.2) is 34.1 Å². The van der Waals surface area contributed by atoms with Gasteiger partial charge in [0.25, 0.3) is 11.5 Å². The van der Waals surface area contributed by atoms with Crippen LogP contribution in [0.25, 0.3) is 11.4 Å². The van der Waals surface area contributed by atoms with Crippen molar-refractivity contribution < 1.29 is 9.53 Å². The Kier molecular flexibility index (Phi) is 4.36. The van der Waals surface area contributed by atoms with E-state index in [1.54, 1.807) is 0 Å². The van der Waals surface area contributed by atoms with Crippen molar-refractivity contribution in [2.45, 2.75) is 50.7 Å². The summed E-state index contributed by atoms with van der Waals surface area (Å²) < 4.78 is 5.95. The van der Waals surface area contributed by atoms with Gasteiger partial charge in [-0.05, 0) is 32.3 Å². The molecule has 1 saturated carbocycles. The number of aryl methyl sites for hydroxylation is 1. The number of aromatic amines is 1. The number of nitrogens with one attached hydrogen (secondary N) is 2. The van der Waals surface area contributed by atoms with E-state index in [2.05, 4.69) is 15.3 Å². The number of rotatable bonds is 3. The van der Waals surface area contributed by atoms with Gasteiger partial charge in [0.1, 0.15) is 11.4 Å². The van der Waals surface area contributed by atoms with E-state index in [1.807, 2.05) is 31.2 Å². The zero-order valence-corrected chi connectivity index (χ0v) is 14.9. The topological polar surface area (TPSA) is 84.1 Å². The molecule has 1 saturated heterocycles. The Morgan fingerprint density at radius 1 is 1.35 bits per heavy atom. The van der Waals surface area contributed by atoms with Gasteiger partial charge in [-0.15, -0.1) is 0 Å². The first-order valence-corrected chi connectivity index (χ1v) is 9.16. The summed E-state index contributed by atoms with van der Waals surface area (Å²) in [6, 6.07) is 7.65. The summed E-state index contributed by atoms with van der Waals surface area (Å²) in [5.74, 6) is 0.0718. The van der Waals surface area contributed by atoms with E-state index in [9.17, 15) is 9.59 Å². The van der Waals surface area contributed by atoms with Crippen molar-refractivity contribution >= 4 is 5.91 Å². The van der Waals surface area contributed by atoms with E-state index in [0.717, 1.165) is 30.4 Å². The van der Waals surface area contributed by atoms with Gasteiger partial charge in [0.05, 0.1) is 18.2 Å². The summed E-state index contributed by atoms with van der Waals surface area (Å²) in [7, 11) is 0. The fourth-order valence-corrected chi connectivity index (χ4v) is 4.06. The molecule has 6 nitrogen and oxygen atoms in total. The van der Waals surface area contributed by atoms with E-state index in [1.165, 1.54) is 19.0 Å². The maximum atomic E-state index is 12.5. The van der Waals surface area contributed by atoms with Crippen molar-refractivity contribution in [3.8, 4) is 11.4 Å². The number of nitrogens with zero attached hydrogens (tertiary/aromatic N) is 1. The molecule has 1 atom stereocenters. The normalized spacial score (nSPS) is 21.2. The van der Waals surface area contributed by atoms with Crippen LogP contribution in [0.4, 0.5) is 0 Å². The van der Waals surface area contributed by atoms with E-state index in [-0.39, 0.29) is 17.2 Å². The van der Waals surface area contributed by atoms with Crippen LogP contribution in [0.3, 0.4) is 0 Å². The number of carbonyl (C=O) groups excluding carboxylic acids is 1. The highest BCUT2D eigenvalue weighted by Crippen LogP contribution is 2.40. The third-order valence-electron chi connectivity index (χ3n) is 5.39. The number of aromatic nitrogens is 2. The van der Waals surface area contributed by atoms with Gasteiger partial charge >= 0.3 is 0 Å². The summed E-state index contributed by atoms with van der Waals surface area (Å²) >= 11 is 0. The van der Waals surface area contributed by atoms with Crippen LogP contribution in [0.5, 0.6) is 0 Å². The maximum Gasteiger partial charge on any atom is 0.264 e. The highest BCUT2D eigenvalue weighted by Gasteiger charge is 2.42. The third kappa shape index (κ3) is 3.29. The summed E-state index contributed by atoms with van der Waals surface area (Å²) in [6.45, 7) is 2.49. The van der Waals surface area contributed by atoms with Crippen LogP contribution >= 0.6 is 0 Å². The SMILES string of the molecule is Cc1cccc(-c2ncc(C(=O)N[C@@H]3COC4(CCCC4)C3)c(=O)[nH]2)c1. The zero-order valence-electron chi connectivity index (χ0n) is 14.9. The average Bonchev–Trinajstić information content (AvgIpc) is 3.24. The fraction of sp³-hybridized carbons (Fsp3) is 0.450. The molecule has 0 unspecified atom stereocenters. The first-order chi connectivity index (χ1) is 12.5. The highest BCUT2D eigenvalue weighted by molar-refractivity contribution is 5.93. The third-order valence-corrected chi connectivity index (χ3v) is 5.39. The molecule has 0 bridgehead atoms. The van der Waals surface area contributed by atoms with Crippen molar-refractivity contribution in [2.24, 2.45) is 0 Å². The second-order valence-electron chi connectivity index (χ2n) is 7.42. The van der Waals surface area contributed by atoms with Crippen LogP contribution in [0.1, 0.15) is 48.0 Å². The van der Waals surface area contributed by atoms with Crippen molar-refractivity contribution in [3.05, 3.63) is 51.9 Å². The minimum atomic E-state index is -0.427. The van der Waals surface area contributed by atoms with Crippen LogP contribution in [0.15, 0.2) is 35.3 Å².